The zero-order valence-electron chi connectivity index (χ0n) is 13.7. The van der Waals surface area contributed by atoms with Gasteiger partial charge in [-0.2, -0.15) is 0 Å². The van der Waals surface area contributed by atoms with Crippen LogP contribution >= 0.6 is 0 Å². The third-order valence-corrected chi connectivity index (χ3v) is 9.76. The second-order valence-electron chi connectivity index (χ2n) is 6.54. The number of sulfonamides is 1. The first-order valence-corrected chi connectivity index (χ1v) is 13.0. The molecule has 146 valence electrons. The number of hydrogen-bond donors (Lipinski definition) is 1. The van der Waals surface area contributed by atoms with Crippen LogP contribution < -0.4 is 5.43 Å². The lowest BCUT2D eigenvalue weighted by Crippen LogP contribution is -2.54. The largest absolute Gasteiger partial charge is 0.256 e. The van der Waals surface area contributed by atoms with E-state index in [-0.39, 0.29) is 40.7 Å². The Morgan fingerprint density at radius 2 is 1.54 bits per heavy atom. The molecule has 0 saturated carbocycles. The van der Waals surface area contributed by atoms with Crippen molar-refractivity contribution in [2.45, 2.75) is 29.8 Å². The first-order valence-electron chi connectivity index (χ1n) is 7.96. The quantitative estimate of drug-likeness (QED) is 0.642. The van der Waals surface area contributed by atoms with Gasteiger partial charge in [-0.3, -0.25) is 0 Å². The second-order valence-corrected chi connectivity index (χ2v) is 12.8. The van der Waals surface area contributed by atoms with Crippen LogP contribution in [-0.4, -0.2) is 64.8 Å². The predicted octanol–water partition coefficient (Wildman–Crippen LogP) is -0.305. The summed E-state index contributed by atoms with van der Waals surface area (Å²) in [5, 5.41) is 0. The van der Waals surface area contributed by atoms with Crippen LogP contribution in [0, 0.1) is 5.82 Å². The number of benzene rings is 1. The highest BCUT2D eigenvalue weighted by Gasteiger charge is 2.41. The van der Waals surface area contributed by atoms with Crippen molar-refractivity contribution in [2.24, 2.45) is 0 Å². The highest BCUT2D eigenvalue weighted by Crippen LogP contribution is 2.25. The van der Waals surface area contributed by atoms with Gasteiger partial charge in [-0.15, -0.1) is 4.41 Å². The van der Waals surface area contributed by atoms with Crippen LogP contribution in [-0.2, 0) is 29.7 Å². The molecular formula is C14H19FN2O6S3. The van der Waals surface area contributed by atoms with Crippen molar-refractivity contribution in [3.05, 3.63) is 30.1 Å². The maximum Gasteiger partial charge on any atom is 0.256 e. The van der Waals surface area contributed by atoms with Crippen LogP contribution in [0.2, 0.25) is 0 Å². The molecule has 3 rings (SSSR count). The van der Waals surface area contributed by atoms with Gasteiger partial charge in [0.05, 0.1) is 33.9 Å². The predicted molar refractivity (Wildman–Crippen MR) is 92.7 cm³/mol. The summed E-state index contributed by atoms with van der Waals surface area (Å²) in [6, 6.07) is 2.70. The van der Waals surface area contributed by atoms with E-state index in [4.69, 9.17) is 0 Å². The summed E-state index contributed by atoms with van der Waals surface area (Å²) >= 11 is 0. The van der Waals surface area contributed by atoms with Crippen molar-refractivity contribution in [1.82, 2.24) is 9.84 Å². The molecule has 2 aliphatic heterocycles. The fourth-order valence-corrected chi connectivity index (χ4v) is 8.15. The zero-order chi connectivity index (χ0) is 19.2. The van der Waals surface area contributed by atoms with Gasteiger partial charge in [0.25, 0.3) is 10.0 Å². The summed E-state index contributed by atoms with van der Waals surface area (Å²) in [7, 11) is -10.8. The third-order valence-electron chi connectivity index (χ3n) is 4.45. The van der Waals surface area contributed by atoms with Crippen molar-refractivity contribution in [2.75, 3.05) is 23.0 Å². The van der Waals surface area contributed by atoms with E-state index < -0.39 is 47.6 Å². The smallest absolute Gasteiger partial charge is 0.237 e. The van der Waals surface area contributed by atoms with E-state index in [0.29, 0.717) is 0 Å². The minimum absolute atomic E-state index is 0.0575. The summed E-state index contributed by atoms with van der Waals surface area (Å²) in [6.45, 7) is 0. The summed E-state index contributed by atoms with van der Waals surface area (Å²) in [5.41, 5.74) is 2.71. The van der Waals surface area contributed by atoms with Crippen molar-refractivity contribution < 1.29 is 29.6 Å². The maximum atomic E-state index is 13.1. The monoisotopic (exact) mass is 426 g/mol. The SMILES string of the molecule is O=S1(=O)CC[C@@H](NN([C@H]2CCS(=O)(=O)C2)S(=O)(=O)c2ccc(F)cc2)C1. The number of nitrogens with zero attached hydrogens (tertiary/aromatic N) is 1. The Morgan fingerprint density at radius 1 is 0.962 bits per heavy atom. The van der Waals surface area contributed by atoms with Gasteiger partial charge in [-0.25, -0.2) is 35.1 Å². The Morgan fingerprint density at radius 3 is 2.04 bits per heavy atom. The standard InChI is InChI=1S/C14H19FN2O6S3/c15-11-1-3-14(4-2-11)26(22,23)17(13-6-8-25(20,21)10-13)16-12-5-7-24(18,19)9-12/h1-4,12-13,16H,5-10H2/t12-,13+/m1/s1. The van der Waals surface area contributed by atoms with Crippen LogP contribution in [0.5, 0.6) is 0 Å². The van der Waals surface area contributed by atoms with Gasteiger partial charge in [-0.05, 0) is 37.1 Å². The molecule has 1 aromatic carbocycles. The molecule has 26 heavy (non-hydrogen) atoms. The van der Waals surface area contributed by atoms with Gasteiger partial charge < -0.3 is 0 Å². The molecule has 2 saturated heterocycles. The number of hydrazine groups is 1. The maximum absolute atomic E-state index is 13.1. The third kappa shape index (κ3) is 4.25. The molecule has 1 N–H and O–H groups in total. The van der Waals surface area contributed by atoms with E-state index in [1.807, 2.05) is 0 Å². The minimum atomic E-state index is -4.18. The van der Waals surface area contributed by atoms with Crippen LogP contribution in [0.4, 0.5) is 4.39 Å². The molecule has 2 heterocycles. The molecule has 2 fully saturated rings. The van der Waals surface area contributed by atoms with Crippen LogP contribution in [0.25, 0.3) is 0 Å². The van der Waals surface area contributed by atoms with E-state index >= 15 is 0 Å². The summed E-state index contributed by atoms with van der Waals surface area (Å²) < 4.78 is 86.9. The van der Waals surface area contributed by atoms with Gasteiger partial charge in [0.1, 0.15) is 5.82 Å². The van der Waals surface area contributed by atoms with Crippen LogP contribution in [0.15, 0.2) is 29.2 Å². The first kappa shape index (κ1) is 19.7. The summed E-state index contributed by atoms with van der Waals surface area (Å²) in [5.74, 6) is -1.37. The Balaban J connectivity index is 1.93. The molecule has 2 atom stereocenters. The number of hydrogen-bond acceptors (Lipinski definition) is 7. The number of rotatable bonds is 5. The Labute approximate surface area is 152 Å². The molecule has 12 heteroatoms. The van der Waals surface area contributed by atoms with E-state index in [0.717, 1.165) is 28.7 Å². The molecule has 0 bridgehead atoms. The lowest BCUT2D eigenvalue weighted by Gasteiger charge is -2.30. The molecule has 0 radical (unpaired) electrons. The molecule has 1 aromatic rings. The topological polar surface area (TPSA) is 118 Å². The van der Waals surface area contributed by atoms with Crippen molar-refractivity contribution >= 4 is 29.7 Å². The lowest BCUT2D eigenvalue weighted by molar-refractivity contribution is 0.229. The molecule has 0 unspecified atom stereocenters. The zero-order valence-corrected chi connectivity index (χ0v) is 16.2. The van der Waals surface area contributed by atoms with E-state index in [2.05, 4.69) is 5.43 Å². The van der Waals surface area contributed by atoms with E-state index in [1.165, 1.54) is 0 Å². The summed E-state index contributed by atoms with van der Waals surface area (Å²) in [6.07, 6.45) is 0.340. The average Bonchev–Trinajstić information content (AvgIpc) is 3.06. The van der Waals surface area contributed by atoms with E-state index in [9.17, 15) is 29.6 Å². The normalized spacial score (nSPS) is 27.8. The molecule has 2 aliphatic rings. The highest BCUT2D eigenvalue weighted by molar-refractivity contribution is 7.92. The molecule has 0 spiro atoms. The number of halogens is 1. The molecule has 0 amide bonds. The van der Waals surface area contributed by atoms with Crippen molar-refractivity contribution in [3.8, 4) is 0 Å². The molecule has 0 aromatic heterocycles. The lowest BCUT2D eigenvalue weighted by atomic mass is 10.2. The first-order chi connectivity index (χ1) is 12.0. The minimum Gasteiger partial charge on any atom is -0.237 e. The highest BCUT2D eigenvalue weighted by atomic mass is 32.2. The van der Waals surface area contributed by atoms with Gasteiger partial charge >= 0.3 is 0 Å². The molecule has 0 aliphatic carbocycles. The van der Waals surface area contributed by atoms with Crippen LogP contribution in [0.1, 0.15) is 12.8 Å². The van der Waals surface area contributed by atoms with Crippen molar-refractivity contribution in [1.29, 1.82) is 0 Å². The van der Waals surface area contributed by atoms with Crippen molar-refractivity contribution in [3.63, 3.8) is 0 Å². The second kappa shape index (κ2) is 6.82. The Kier molecular flexibility index (Phi) is 5.16. The molecule has 8 nitrogen and oxygen atoms in total. The summed E-state index contributed by atoms with van der Waals surface area (Å²) in [4.78, 5) is -0.198. The number of nitrogens with one attached hydrogen (secondary N) is 1. The Bertz CT molecular complexity index is 990. The van der Waals surface area contributed by atoms with Gasteiger partial charge in [0.15, 0.2) is 19.7 Å². The average molecular weight is 427 g/mol. The fraction of sp³-hybridized carbons (Fsp3) is 0.571. The van der Waals surface area contributed by atoms with Crippen LogP contribution in [0.3, 0.4) is 0 Å². The Hall–Kier alpha value is -1.08. The fourth-order valence-electron chi connectivity index (χ4n) is 3.13. The van der Waals surface area contributed by atoms with Gasteiger partial charge in [0.2, 0.25) is 0 Å². The van der Waals surface area contributed by atoms with E-state index in [1.54, 1.807) is 0 Å². The van der Waals surface area contributed by atoms with Gasteiger partial charge in [0, 0.05) is 6.04 Å². The van der Waals surface area contributed by atoms with Gasteiger partial charge in [-0.1, -0.05) is 0 Å². The number of sulfone groups is 2. The molecular weight excluding hydrogens is 407 g/mol.